The molecule has 0 aromatic rings. The maximum atomic E-state index is 9.00. The van der Waals surface area contributed by atoms with E-state index in [2.05, 4.69) is 5.73 Å². The molecule has 12 heavy (non-hydrogen) atoms. The highest BCUT2D eigenvalue weighted by Crippen LogP contribution is 1.86. The lowest BCUT2D eigenvalue weighted by Crippen LogP contribution is -1.99. The first kappa shape index (κ1) is 17.9. The maximum Gasteiger partial charge on any atom is 0.300 e. The number of hydrogen-bond acceptors (Lipinski definition) is 3. The van der Waals surface area contributed by atoms with Gasteiger partial charge in [-0.15, -0.1) is 0 Å². The second-order valence-corrected chi connectivity index (χ2v) is 3.11. The summed E-state index contributed by atoms with van der Waals surface area (Å²) in [6, 6.07) is 0. The lowest BCUT2D eigenvalue weighted by molar-refractivity contribution is -0.134. The van der Waals surface area contributed by atoms with Gasteiger partial charge < -0.3 is 15.9 Å². The fraction of sp³-hybridized carbons (Fsp3) is 0.833. The van der Waals surface area contributed by atoms with E-state index in [1.54, 1.807) is 13.8 Å². The Labute approximate surface area is 82.3 Å². The summed E-state index contributed by atoms with van der Waals surface area (Å²) in [5.41, 5.74) is 4.64. The molecule has 0 saturated heterocycles. The minimum atomic E-state index is -0.833. The minimum absolute atomic E-state index is 0.167. The van der Waals surface area contributed by atoms with Crippen molar-refractivity contribution in [3.05, 3.63) is 0 Å². The van der Waals surface area contributed by atoms with Gasteiger partial charge in [-0.3, -0.25) is 4.79 Å². The Morgan fingerprint density at radius 1 is 1.42 bits per heavy atom. The molecule has 76 valence electrons. The van der Waals surface area contributed by atoms with Gasteiger partial charge in [0.1, 0.15) is 0 Å². The quantitative estimate of drug-likeness (QED) is 0.422. The molecule has 0 aromatic carbocycles. The Morgan fingerprint density at radius 2 is 1.42 bits per heavy atom. The third kappa shape index (κ3) is 891000. The lowest BCUT2D eigenvalue weighted by atomic mass is 10.5. The van der Waals surface area contributed by atoms with Crippen LogP contribution in [0.3, 0.4) is 0 Å². The molecule has 0 unspecified atom stereocenters. The summed E-state index contributed by atoms with van der Waals surface area (Å²) in [5.74, 6) is -0.833. The predicted molar refractivity (Wildman–Crippen MR) is 50.3 cm³/mol. The fourth-order valence-electron chi connectivity index (χ4n) is 0. The van der Waals surface area contributed by atoms with Crippen LogP contribution in [0.4, 0.5) is 0 Å². The van der Waals surface area contributed by atoms with Gasteiger partial charge in [0.25, 0.3) is 5.97 Å². The number of aliphatic hydroxyl groups excluding tert-OH is 1. The SMILES string of the molecule is CC(=O)O.CC(C)O.NC(Cl)Cl. The molecule has 0 fully saturated rings. The summed E-state index contributed by atoms with van der Waals surface area (Å²) in [6.45, 7) is 4.53. The molecule has 0 aliphatic rings. The number of aliphatic hydroxyl groups is 1. The van der Waals surface area contributed by atoms with Crippen LogP contribution in [0.15, 0.2) is 0 Å². The van der Waals surface area contributed by atoms with E-state index in [1.807, 2.05) is 0 Å². The van der Waals surface area contributed by atoms with Crippen molar-refractivity contribution in [2.24, 2.45) is 5.73 Å². The van der Waals surface area contributed by atoms with Crippen LogP contribution in [0.5, 0.6) is 0 Å². The number of nitrogens with two attached hydrogens (primary N) is 1. The number of aliphatic carboxylic acids is 1. The second kappa shape index (κ2) is 13.6. The molecule has 0 spiro atoms. The normalized spacial score (nSPS) is 8.08. The van der Waals surface area contributed by atoms with Gasteiger partial charge >= 0.3 is 0 Å². The standard InChI is InChI=1S/C3H8O.C2H4O2.CH3Cl2N/c1-3(2)4;1-2(3)4;2-1(3)4/h3-4H,1-2H3;1H3,(H,3,4);1H,4H2. The molecule has 0 amide bonds. The van der Waals surface area contributed by atoms with E-state index in [-0.39, 0.29) is 6.10 Å². The number of halogens is 2. The molecule has 0 radical (unpaired) electrons. The maximum absolute atomic E-state index is 9.00. The highest BCUT2D eigenvalue weighted by Gasteiger charge is 1.74. The Morgan fingerprint density at radius 3 is 1.42 bits per heavy atom. The van der Waals surface area contributed by atoms with Crippen molar-refractivity contribution in [1.82, 2.24) is 0 Å². The molecule has 4 N–H and O–H groups in total. The highest BCUT2D eigenvalue weighted by atomic mass is 35.5. The van der Waals surface area contributed by atoms with Crippen molar-refractivity contribution in [3.8, 4) is 0 Å². The van der Waals surface area contributed by atoms with E-state index in [0.29, 0.717) is 0 Å². The van der Waals surface area contributed by atoms with E-state index >= 15 is 0 Å². The van der Waals surface area contributed by atoms with Crippen molar-refractivity contribution >= 4 is 29.2 Å². The molecule has 0 saturated carbocycles. The van der Waals surface area contributed by atoms with Gasteiger partial charge in [0.2, 0.25) is 0 Å². The Bertz CT molecular complexity index is 83.3. The van der Waals surface area contributed by atoms with Gasteiger partial charge in [0, 0.05) is 13.0 Å². The van der Waals surface area contributed by atoms with Crippen molar-refractivity contribution in [2.75, 3.05) is 0 Å². The van der Waals surface area contributed by atoms with Crippen LogP contribution in [0, 0.1) is 0 Å². The predicted octanol–water partition coefficient (Wildman–Crippen LogP) is 1.18. The van der Waals surface area contributed by atoms with E-state index in [4.69, 9.17) is 38.2 Å². The molecule has 0 aliphatic carbocycles. The van der Waals surface area contributed by atoms with Gasteiger partial charge in [-0.25, -0.2) is 0 Å². The summed E-state index contributed by atoms with van der Waals surface area (Å²) in [7, 11) is 0. The topological polar surface area (TPSA) is 83.5 Å². The summed E-state index contributed by atoms with van der Waals surface area (Å²) in [6.07, 6.45) is -0.167. The molecule has 0 bridgehead atoms. The van der Waals surface area contributed by atoms with Gasteiger partial charge in [-0.05, 0) is 13.8 Å². The van der Waals surface area contributed by atoms with E-state index in [1.165, 1.54) is 0 Å². The number of alkyl halides is 2. The van der Waals surface area contributed by atoms with Crippen molar-refractivity contribution in [3.63, 3.8) is 0 Å². The van der Waals surface area contributed by atoms with Crippen molar-refractivity contribution < 1.29 is 15.0 Å². The van der Waals surface area contributed by atoms with Crippen molar-refractivity contribution in [2.45, 2.75) is 31.8 Å². The molecule has 0 aliphatic heterocycles. The summed E-state index contributed by atoms with van der Waals surface area (Å²) >= 11 is 9.64. The molecular formula is C6H15Cl2NO3. The summed E-state index contributed by atoms with van der Waals surface area (Å²) < 4.78 is 0. The zero-order valence-corrected chi connectivity index (χ0v) is 8.80. The zero-order valence-electron chi connectivity index (χ0n) is 7.29. The van der Waals surface area contributed by atoms with Crippen LogP contribution in [0.2, 0.25) is 0 Å². The van der Waals surface area contributed by atoms with Crippen LogP contribution in [-0.4, -0.2) is 27.2 Å². The molecule has 0 atom stereocenters. The number of carboxylic acids is 1. The van der Waals surface area contributed by atoms with Gasteiger partial charge in [0.05, 0.1) is 0 Å². The minimum Gasteiger partial charge on any atom is -0.481 e. The second-order valence-electron chi connectivity index (χ2n) is 1.95. The third-order valence-corrected chi connectivity index (χ3v) is 0. The zero-order chi connectivity index (χ0) is 10.7. The van der Waals surface area contributed by atoms with Crippen LogP contribution in [-0.2, 0) is 4.79 Å². The monoisotopic (exact) mass is 219 g/mol. The number of carbonyl (C=O) groups is 1. The highest BCUT2D eigenvalue weighted by molar-refractivity contribution is 6.43. The molecule has 0 rings (SSSR count). The molecule has 6 heteroatoms. The summed E-state index contributed by atoms with van der Waals surface area (Å²) in [5, 5.41) is 15.5. The van der Waals surface area contributed by atoms with Crippen molar-refractivity contribution in [1.29, 1.82) is 0 Å². The number of hydrogen-bond donors (Lipinski definition) is 3. The molecule has 4 nitrogen and oxygen atoms in total. The largest absolute Gasteiger partial charge is 0.481 e. The average Bonchev–Trinajstić information content (AvgIpc) is 1.54. The molecule has 0 aromatic heterocycles. The summed E-state index contributed by atoms with van der Waals surface area (Å²) in [4.78, 5) is 8.28. The van der Waals surface area contributed by atoms with Crippen LogP contribution in [0.25, 0.3) is 0 Å². The first-order valence-electron chi connectivity index (χ1n) is 3.11. The average molecular weight is 220 g/mol. The molecule has 0 heterocycles. The van der Waals surface area contributed by atoms with Gasteiger partial charge in [0.15, 0.2) is 4.96 Å². The Balaban J connectivity index is -0.000000101. The van der Waals surface area contributed by atoms with Crippen LogP contribution >= 0.6 is 23.2 Å². The number of rotatable bonds is 0. The first-order chi connectivity index (χ1) is 5.20. The van der Waals surface area contributed by atoms with Crippen LogP contribution in [0.1, 0.15) is 20.8 Å². The molecular weight excluding hydrogens is 205 g/mol. The van der Waals surface area contributed by atoms with Crippen LogP contribution < -0.4 is 5.73 Å². The van der Waals surface area contributed by atoms with Gasteiger partial charge in [-0.2, -0.15) is 0 Å². The van der Waals surface area contributed by atoms with E-state index in [0.717, 1.165) is 6.92 Å². The van der Waals surface area contributed by atoms with E-state index < -0.39 is 10.9 Å². The Kier molecular flexibility index (Phi) is 20.2. The number of carboxylic acid groups (broad SMARTS) is 1. The van der Waals surface area contributed by atoms with Gasteiger partial charge in [-0.1, -0.05) is 23.2 Å². The first-order valence-corrected chi connectivity index (χ1v) is 3.98. The van der Waals surface area contributed by atoms with E-state index in [9.17, 15) is 0 Å². The third-order valence-electron chi connectivity index (χ3n) is 0. The fourth-order valence-corrected chi connectivity index (χ4v) is 0. The Hall–Kier alpha value is -0.0300. The lowest BCUT2D eigenvalue weighted by Gasteiger charge is -1.80. The smallest absolute Gasteiger partial charge is 0.300 e.